The molecule has 1 aromatic carbocycles. The van der Waals surface area contributed by atoms with Gasteiger partial charge in [-0.2, -0.15) is 0 Å². The average Bonchev–Trinajstić information content (AvgIpc) is 2.82. The lowest BCUT2D eigenvalue weighted by molar-refractivity contribution is 0.0277. The maximum Gasteiger partial charge on any atom is 0.410 e. The van der Waals surface area contributed by atoms with Crippen LogP contribution in [0.5, 0.6) is 0 Å². The number of carbonyl (C=O) groups excluding carboxylic acids is 1. The number of H-pyrrole nitrogens is 1. The first-order valence-electron chi connectivity index (χ1n) is 8.57. The summed E-state index contributed by atoms with van der Waals surface area (Å²) in [5.41, 5.74) is 1.55. The maximum absolute atomic E-state index is 12.0. The van der Waals surface area contributed by atoms with Crippen LogP contribution in [0, 0.1) is 5.92 Å². The average molecular weight is 366 g/mol. The number of nitrogens with one attached hydrogen (secondary N) is 2. The molecule has 0 radical (unpaired) electrons. The van der Waals surface area contributed by atoms with Gasteiger partial charge in [0.2, 0.25) is 0 Å². The van der Waals surface area contributed by atoms with Gasteiger partial charge in [-0.3, -0.25) is 0 Å². The van der Waals surface area contributed by atoms with E-state index in [1.807, 2.05) is 45.0 Å². The molecule has 0 bridgehead atoms. The minimum absolute atomic E-state index is 0.292. The van der Waals surface area contributed by atoms with Crippen LogP contribution < -0.4 is 5.32 Å². The number of fused-ring (bicyclic) bond motifs is 1. The Bertz CT molecular complexity index is 721. The van der Waals surface area contributed by atoms with Crippen LogP contribution in [0.4, 0.5) is 4.79 Å². The van der Waals surface area contributed by atoms with Gasteiger partial charge in [0.05, 0.1) is 5.02 Å². The molecular formula is C19H28ClN3O2. The first-order chi connectivity index (χ1) is 11.7. The lowest BCUT2D eigenvalue weighted by atomic mass is 10.1. The quantitative estimate of drug-likeness (QED) is 0.796. The number of hydrogen-bond donors (Lipinski definition) is 2. The van der Waals surface area contributed by atoms with Crippen molar-refractivity contribution in [3.8, 4) is 0 Å². The van der Waals surface area contributed by atoms with Crippen LogP contribution in [0.2, 0.25) is 5.02 Å². The van der Waals surface area contributed by atoms with Crippen molar-refractivity contribution in [2.75, 3.05) is 20.1 Å². The zero-order valence-corrected chi connectivity index (χ0v) is 16.4. The Hall–Kier alpha value is -1.72. The van der Waals surface area contributed by atoms with Gasteiger partial charge >= 0.3 is 6.09 Å². The van der Waals surface area contributed by atoms with E-state index in [2.05, 4.69) is 17.2 Å². The fourth-order valence-corrected chi connectivity index (χ4v) is 2.95. The number of hydrogen-bond acceptors (Lipinski definition) is 3. The number of ether oxygens (including phenoxy) is 1. The Morgan fingerprint density at radius 3 is 2.68 bits per heavy atom. The summed E-state index contributed by atoms with van der Waals surface area (Å²) in [6, 6.07) is 7.99. The highest BCUT2D eigenvalue weighted by atomic mass is 35.5. The van der Waals surface area contributed by atoms with E-state index < -0.39 is 5.60 Å². The van der Waals surface area contributed by atoms with Crippen molar-refractivity contribution in [2.24, 2.45) is 5.92 Å². The third-order valence-corrected chi connectivity index (χ3v) is 4.23. The predicted molar refractivity (Wildman–Crippen MR) is 103 cm³/mol. The molecule has 138 valence electrons. The SMILES string of the molecule is CC(CNCc1[nH]c2ccccc2c1Cl)CN(C)C(=O)OC(C)(C)C. The molecule has 0 spiro atoms. The van der Waals surface area contributed by atoms with E-state index in [4.69, 9.17) is 16.3 Å². The van der Waals surface area contributed by atoms with Crippen molar-refractivity contribution in [3.05, 3.63) is 35.0 Å². The number of benzene rings is 1. The highest BCUT2D eigenvalue weighted by Crippen LogP contribution is 2.26. The molecule has 1 atom stereocenters. The lowest BCUT2D eigenvalue weighted by Crippen LogP contribution is -2.38. The van der Waals surface area contributed by atoms with Crippen molar-refractivity contribution in [1.29, 1.82) is 0 Å². The van der Waals surface area contributed by atoms with E-state index in [0.717, 1.165) is 28.2 Å². The van der Waals surface area contributed by atoms with Gasteiger partial charge in [0.25, 0.3) is 0 Å². The van der Waals surface area contributed by atoms with E-state index in [1.54, 1.807) is 11.9 Å². The predicted octanol–water partition coefficient (Wildman–Crippen LogP) is 4.41. The first kappa shape index (κ1) is 19.6. The summed E-state index contributed by atoms with van der Waals surface area (Å²) in [5.74, 6) is 0.292. The molecule has 2 aromatic rings. The molecule has 5 nitrogen and oxygen atoms in total. The zero-order chi connectivity index (χ0) is 18.6. The highest BCUT2D eigenvalue weighted by Gasteiger charge is 2.20. The van der Waals surface area contributed by atoms with Crippen molar-refractivity contribution >= 4 is 28.6 Å². The van der Waals surface area contributed by atoms with E-state index in [9.17, 15) is 4.79 Å². The molecule has 1 amide bonds. The number of aromatic nitrogens is 1. The van der Waals surface area contributed by atoms with Gasteiger partial charge in [-0.15, -0.1) is 0 Å². The molecule has 6 heteroatoms. The molecule has 0 saturated heterocycles. The van der Waals surface area contributed by atoms with Gasteiger partial charge < -0.3 is 19.9 Å². The fourth-order valence-electron chi connectivity index (χ4n) is 2.68. The number of amides is 1. The highest BCUT2D eigenvalue weighted by molar-refractivity contribution is 6.36. The molecule has 25 heavy (non-hydrogen) atoms. The largest absolute Gasteiger partial charge is 0.444 e. The van der Waals surface area contributed by atoms with Crippen LogP contribution in [0.3, 0.4) is 0 Å². The van der Waals surface area contributed by atoms with Crippen LogP contribution in [0.25, 0.3) is 10.9 Å². The summed E-state index contributed by atoms with van der Waals surface area (Å²) in [5, 5.41) is 5.21. The zero-order valence-electron chi connectivity index (χ0n) is 15.6. The Balaban J connectivity index is 1.80. The van der Waals surface area contributed by atoms with Gasteiger partial charge in [0, 0.05) is 36.7 Å². The lowest BCUT2D eigenvalue weighted by Gasteiger charge is -2.26. The van der Waals surface area contributed by atoms with E-state index in [1.165, 1.54) is 0 Å². The van der Waals surface area contributed by atoms with Gasteiger partial charge in [-0.05, 0) is 39.3 Å². The van der Waals surface area contributed by atoms with Crippen LogP contribution in [0.1, 0.15) is 33.4 Å². The second-order valence-corrected chi connectivity index (χ2v) is 7.94. The minimum Gasteiger partial charge on any atom is -0.444 e. The van der Waals surface area contributed by atoms with Crippen LogP contribution in [-0.4, -0.2) is 41.7 Å². The topological polar surface area (TPSA) is 57.4 Å². The van der Waals surface area contributed by atoms with Gasteiger partial charge in [0.15, 0.2) is 0 Å². The maximum atomic E-state index is 12.0. The Kier molecular flexibility index (Phi) is 6.36. The summed E-state index contributed by atoms with van der Waals surface area (Å²) in [6.07, 6.45) is -0.294. The second-order valence-electron chi connectivity index (χ2n) is 7.56. The molecule has 0 saturated carbocycles. The minimum atomic E-state index is -0.473. The van der Waals surface area contributed by atoms with Crippen LogP contribution in [0.15, 0.2) is 24.3 Å². The van der Waals surface area contributed by atoms with Gasteiger partial charge in [0.1, 0.15) is 5.60 Å². The second kappa shape index (κ2) is 8.11. The number of para-hydroxylation sites is 1. The van der Waals surface area contributed by atoms with E-state index in [-0.39, 0.29) is 6.09 Å². The molecule has 1 heterocycles. The van der Waals surface area contributed by atoms with Crippen LogP contribution >= 0.6 is 11.6 Å². The van der Waals surface area contributed by atoms with E-state index in [0.29, 0.717) is 19.0 Å². The normalized spacial score (nSPS) is 13.0. The molecule has 0 aliphatic rings. The Morgan fingerprint density at radius 2 is 2.04 bits per heavy atom. The standard InChI is InChI=1S/C19H28ClN3O2/c1-13(12-23(5)18(24)25-19(2,3)4)10-21-11-16-17(20)14-8-6-7-9-15(14)22-16/h6-9,13,21-22H,10-12H2,1-5H3. The molecule has 1 unspecified atom stereocenters. The number of rotatable bonds is 6. The smallest absolute Gasteiger partial charge is 0.410 e. The summed E-state index contributed by atoms with van der Waals surface area (Å²) in [6.45, 7) is 9.77. The first-order valence-corrected chi connectivity index (χ1v) is 8.95. The van der Waals surface area contributed by atoms with Crippen molar-refractivity contribution in [2.45, 2.75) is 39.8 Å². The molecule has 1 aromatic heterocycles. The molecular weight excluding hydrogens is 338 g/mol. The third kappa shape index (κ3) is 5.65. The number of nitrogens with zero attached hydrogens (tertiary/aromatic N) is 1. The summed E-state index contributed by atoms with van der Waals surface area (Å²) in [4.78, 5) is 17.0. The molecule has 0 aliphatic carbocycles. The summed E-state index contributed by atoms with van der Waals surface area (Å²) in [7, 11) is 1.76. The summed E-state index contributed by atoms with van der Waals surface area (Å²) < 4.78 is 5.37. The third-order valence-electron chi connectivity index (χ3n) is 3.80. The molecule has 0 fully saturated rings. The number of aromatic amines is 1. The molecule has 2 N–H and O–H groups in total. The van der Waals surface area contributed by atoms with Gasteiger partial charge in [-0.1, -0.05) is 36.7 Å². The Morgan fingerprint density at radius 1 is 1.36 bits per heavy atom. The molecule has 0 aliphatic heterocycles. The monoisotopic (exact) mass is 365 g/mol. The van der Waals surface area contributed by atoms with E-state index >= 15 is 0 Å². The molecule has 2 rings (SSSR count). The number of halogens is 1. The van der Waals surface area contributed by atoms with Gasteiger partial charge in [-0.25, -0.2) is 4.79 Å². The van der Waals surface area contributed by atoms with Crippen LogP contribution in [-0.2, 0) is 11.3 Å². The van der Waals surface area contributed by atoms with Crippen molar-refractivity contribution in [3.63, 3.8) is 0 Å². The fraction of sp³-hybridized carbons (Fsp3) is 0.526. The Labute approximate surface area is 154 Å². The summed E-state index contributed by atoms with van der Waals surface area (Å²) >= 11 is 6.42. The van der Waals surface area contributed by atoms with Crippen molar-refractivity contribution in [1.82, 2.24) is 15.2 Å². The number of carbonyl (C=O) groups is 1. The van der Waals surface area contributed by atoms with Crippen molar-refractivity contribution < 1.29 is 9.53 Å².